The van der Waals surface area contributed by atoms with E-state index >= 15 is 0 Å². The molecule has 5 nitrogen and oxygen atoms in total. The summed E-state index contributed by atoms with van der Waals surface area (Å²) in [6, 6.07) is 17.9. The maximum atomic E-state index is 13.6. The summed E-state index contributed by atoms with van der Waals surface area (Å²) < 4.78 is 13.6. The van der Waals surface area contributed by atoms with Crippen LogP contribution in [-0.4, -0.2) is 29.1 Å². The van der Waals surface area contributed by atoms with Crippen LogP contribution in [0.25, 0.3) is 0 Å². The molecule has 1 aromatic heterocycles. The maximum Gasteiger partial charge on any atom is 0.307 e. The second kappa shape index (κ2) is 10.1. The summed E-state index contributed by atoms with van der Waals surface area (Å²) in [5.41, 5.74) is 6.02. The minimum atomic E-state index is -0.821. The summed E-state index contributed by atoms with van der Waals surface area (Å²) in [7, 11) is 0. The number of carboxylic acids is 1. The van der Waals surface area contributed by atoms with Gasteiger partial charge in [0.2, 0.25) is 0 Å². The number of fused-ring (bicyclic) bond motifs is 1. The van der Waals surface area contributed by atoms with E-state index in [1.807, 2.05) is 36.4 Å². The van der Waals surface area contributed by atoms with Crippen LogP contribution in [0.15, 0.2) is 60.8 Å². The van der Waals surface area contributed by atoms with Gasteiger partial charge >= 0.3 is 5.97 Å². The molecule has 0 unspecified atom stereocenters. The molecule has 1 aliphatic heterocycles. The van der Waals surface area contributed by atoms with E-state index in [2.05, 4.69) is 41.6 Å². The van der Waals surface area contributed by atoms with Gasteiger partial charge in [0.05, 0.1) is 24.0 Å². The molecular formula is C27H30FN3O2. The molecule has 0 aliphatic carbocycles. The van der Waals surface area contributed by atoms with Gasteiger partial charge < -0.3 is 15.7 Å². The third-order valence-electron chi connectivity index (χ3n) is 6.45. The van der Waals surface area contributed by atoms with Gasteiger partial charge in [-0.2, -0.15) is 0 Å². The van der Waals surface area contributed by atoms with Crippen LogP contribution in [0.1, 0.15) is 46.8 Å². The molecule has 0 amide bonds. The number of carbonyl (C=O) groups is 1. The number of anilines is 1. The zero-order chi connectivity index (χ0) is 23.4. The van der Waals surface area contributed by atoms with E-state index in [4.69, 9.17) is 5.11 Å². The summed E-state index contributed by atoms with van der Waals surface area (Å²) in [5, 5.41) is 16.3. The molecule has 3 aromatic rings. The Morgan fingerprint density at radius 3 is 2.79 bits per heavy atom. The SMILES string of the molecule is Cc1ccc(CC(=O)O)cc1[C@H](C)CN[C@H](c1ccccc1)[C@@H]1CNc2cc(F)cnc2C1. The second-order valence-electron chi connectivity index (χ2n) is 8.95. The Bertz CT molecular complexity index is 1120. The van der Waals surface area contributed by atoms with Crippen molar-refractivity contribution in [2.75, 3.05) is 18.4 Å². The van der Waals surface area contributed by atoms with Crippen LogP contribution in [-0.2, 0) is 17.6 Å². The van der Waals surface area contributed by atoms with Crippen LogP contribution in [0.5, 0.6) is 0 Å². The number of rotatable bonds is 8. The molecule has 0 saturated carbocycles. The molecule has 0 saturated heterocycles. The van der Waals surface area contributed by atoms with Gasteiger partial charge in [0.1, 0.15) is 5.82 Å². The monoisotopic (exact) mass is 447 g/mol. The summed E-state index contributed by atoms with van der Waals surface area (Å²) >= 11 is 0. The fraction of sp³-hybridized carbons (Fsp3) is 0.333. The first-order valence-electron chi connectivity index (χ1n) is 11.4. The zero-order valence-electron chi connectivity index (χ0n) is 19.0. The van der Waals surface area contributed by atoms with E-state index in [0.717, 1.165) is 47.6 Å². The number of aryl methyl sites for hydroxylation is 1. The molecule has 0 spiro atoms. The Balaban J connectivity index is 1.52. The van der Waals surface area contributed by atoms with E-state index < -0.39 is 5.97 Å². The molecular weight excluding hydrogens is 417 g/mol. The van der Waals surface area contributed by atoms with Crippen molar-refractivity contribution in [1.82, 2.24) is 10.3 Å². The highest BCUT2D eigenvalue weighted by atomic mass is 19.1. The van der Waals surface area contributed by atoms with Crippen LogP contribution in [0.3, 0.4) is 0 Å². The van der Waals surface area contributed by atoms with E-state index in [-0.39, 0.29) is 30.1 Å². The first-order valence-corrected chi connectivity index (χ1v) is 11.4. The normalized spacial score (nSPS) is 17.0. The number of pyridine rings is 1. The van der Waals surface area contributed by atoms with Crippen molar-refractivity contribution >= 4 is 11.7 Å². The number of nitrogens with zero attached hydrogens (tertiary/aromatic N) is 1. The quantitative estimate of drug-likeness (QED) is 0.459. The highest BCUT2D eigenvalue weighted by molar-refractivity contribution is 5.70. The topological polar surface area (TPSA) is 74.2 Å². The van der Waals surface area contributed by atoms with Crippen molar-refractivity contribution in [3.05, 3.63) is 94.6 Å². The first kappa shape index (κ1) is 22.9. The van der Waals surface area contributed by atoms with Crippen LogP contribution in [0, 0.1) is 18.7 Å². The number of carboxylic acid groups (broad SMARTS) is 1. The molecule has 3 N–H and O–H groups in total. The van der Waals surface area contributed by atoms with Crippen LogP contribution >= 0.6 is 0 Å². The lowest BCUT2D eigenvalue weighted by Gasteiger charge is -2.34. The van der Waals surface area contributed by atoms with E-state index in [9.17, 15) is 9.18 Å². The van der Waals surface area contributed by atoms with Crippen LogP contribution < -0.4 is 10.6 Å². The Morgan fingerprint density at radius 2 is 2.03 bits per heavy atom. The lowest BCUT2D eigenvalue weighted by Crippen LogP contribution is -2.38. The molecule has 3 atom stereocenters. The Morgan fingerprint density at radius 1 is 1.24 bits per heavy atom. The smallest absolute Gasteiger partial charge is 0.307 e. The minimum absolute atomic E-state index is 0.0286. The highest BCUT2D eigenvalue weighted by Crippen LogP contribution is 2.32. The van der Waals surface area contributed by atoms with Crippen molar-refractivity contribution in [1.29, 1.82) is 0 Å². The summed E-state index contributed by atoms with van der Waals surface area (Å²) in [4.78, 5) is 15.5. The standard InChI is InChI=1S/C27H30FN3O2/c1-17-8-9-19(11-26(32)33)10-23(17)18(2)14-31-27(20-6-4-3-5-7-20)21-12-24-25(29-15-21)13-22(28)16-30-24/h3-10,13,16,18,21,27,29,31H,11-12,14-15H2,1-2H3,(H,32,33)/t18-,21+,27-/m1/s1. The van der Waals surface area contributed by atoms with E-state index in [0.29, 0.717) is 0 Å². The second-order valence-corrected chi connectivity index (χ2v) is 8.95. The zero-order valence-corrected chi connectivity index (χ0v) is 19.0. The summed E-state index contributed by atoms with van der Waals surface area (Å²) in [6.07, 6.45) is 2.07. The van der Waals surface area contributed by atoms with Gasteiger partial charge in [-0.3, -0.25) is 9.78 Å². The van der Waals surface area contributed by atoms with Gasteiger partial charge in [-0.1, -0.05) is 55.5 Å². The molecule has 172 valence electrons. The third-order valence-corrected chi connectivity index (χ3v) is 6.45. The van der Waals surface area contributed by atoms with E-state index in [1.165, 1.54) is 17.8 Å². The van der Waals surface area contributed by atoms with Crippen molar-refractivity contribution < 1.29 is 14.3 Å². The molecule has 6 heteroatoms. The largest absolute Gasteiger partial charge is 0.481 e. The fourth-order valence-corrected chi connectivity index (χ4v) is 4.72. The van der Waals surface area contributed by atoms with Crippen molar-refractivity contribution in [3.8, 4) is 0 Å². The molecule has 2 heterocycles. The average Bonchev–Trinajstić information content (AvgIpc) is 2.80. The summed E-state index contributed by atoms with van der Waals surface area (Å²) in [6.45, 7) is 5.71. The Kier molecular flexibility index (Phi) is 7.04. The fourth-order valence-electron chi connectivity index (χ4n) is 4.72. The molecule has 4 rings (SSSR count). The van der Waals surface area contributed by atoms with Gasteiger partial charge in [0.15, 0.2) is 0 Å². The van der Waals surface area contributed by atoms with Gasteiger partial charge in [-0.05, 0) is 41.5 Å². The highest BCUT2D eigenvalue weighted by Gasteiger charge is 2.28. The molecule has 33 heavy (non-hydrogen) atoms. The van der Waals surface area contributed by atoms with Gasteiger partial charge in [0.25, 0.3) is 0 Å². The molecule has 1 aliphatic rings. The first-order chi connectivity index (χ1) is 15.9. The molecule has 2 aromatic carbocycles. The minimum Gasteiger partial charge on any atom is -0.481 e. The number of hydrogen-bond donors (Lipinski definition) is 3. The van der Waals surface area contributed by atoms with Crippen molar-refractivity contribution in [2.45, 2.75) is 38.6 Å². The van der Waals surface area contributed by atoms with Crippen molar-refractivity contribution in [3.63, 3.8) is 0 Å². The summed E-state index contributed by atoms with van der Waals surface area (Å²) in [5.74, 6) is -0.685. The third kappa shape index (κ3) is 5.57. The van der Waals surface area contributed by atoms with Crippen LogP contribution in [0.4, 0.5) is 10.1 Å². The van der Waals surface area contributed by atoms with E-state index in [1.54, 1.807) is 0 Å². The van der Waals surface area contributed by atoms with Crippen LogP contribution in [0.2, 0.25) is 0 Å². The molecule has 0 bridgehead atoms. The predicted octanol–water partition coefficient (Wildman–Crippen LogP) is 4.88. The maximum absolute atomic E-state index is 13.6. The van der Waals surface area contributed by atoms with Gasteiger partial charge in [0, 0.05) is 31.1 Å². The number of aromatic nitrogens is 1. The Labute approximate surface area is 194 Å². The average molecular weight is 448 g/mol. The lowest BCUT2D eigenvalue weighted by molar-refractivity contribution is -0.136. The lowest BCUT2D eigenvalue weighted by atomic mass is 9.85. The molecule has 0 fully saturated rings. The predicted molar refractivity (Wildman–Crippen MR) is 128 cm³/mol. The van der Waals surface area contributed by atoms with Gasteiger partial charge in [-0.25, -0.2) is 4.39 Å². The number of benzene rings is 2. The number of nitrogens with one attached hydrogen (secondary N) is 2. The number of halogens is 1. The number of hydrogen-bond acceptors (Lipinski definition) is 4. The molecule has 0 radical (unpaired) electrons. The number of aliphatic carboxylic acids is 1. The van der Waals surface area contributed by atoms with Gasteiger partial charge in [-0.15, -0.1) is 0 Å². The van der Waals surface area contributed by atoms with Crippen molar-refractivity contribution in [2.24, 2.45) is 5.92 Å². The Hall–Kier alpha value is -3.25.